The van der Waals surface area contributed by atoms with E-state index < -0.39 is 16.1 Å². The van der Waals surface area contributed by atoms with Crippen LogP contribution in [0.15, 0.2) is 47.4 Å². The van der Waals surface area contributed by atoms with Crippen molar-refractivity contribution in [3.63, 3.8) is 0 Å². The van der Waals surface area contributed by atoms with E-state index in [1.807, 2.05) is 0 Å². The number of piperazine rings is 1. The van der Waals surface area contributed by atoms with Gasteiger partial charge in [-0.1, -0.05) is 11.6 Å². The number of amides is 2. The molecule has 2 aromatic carbocycles. The summed E-state index contributed by atoms with van der Waals surface area (Å²) in [6.07, 6.45) is 0. The first-order valence-electron chi connectivity index (χ1n) is 10.2. The van der Waals surface area contributed by atoms with Crippen LogP contribution in [0.25, 0.3) is 0 Å². The van der Waals surface area contributed by atoms with Crippen LogP contribution in [0.4, 0.5) is 0 Å². The highest BCUT2D eigenvalue weighted by Crippen LogP contribution is 2.28. The molecule has 33 heavy (non-hydrogen) atoms. The third-order valence-electron chi connectivity index (χ3n) is 5.34. The van der Waals surface area contributed by atoms with Gasteiger partial charge in [-0.2, -0.15) is 4.72 Å². The zero-order valence-electron chi connectivity index (χ0n) is 18.6. The predicted molar refractivity (Wildman–Crippen MR) is 123 cm³/mol. The molecule has 2 aromatic rings. The van der Waals surface area contributed by atoms with Gasteiger partial charge in [-0.05, 0) is 49.4 Å². The van der Waals surface area contributed by atoms with Crippen LogP contribution in [0.1, 0.15) is 17.3 Å². The molecule has 0 bridgehead atoms. The number of carbonyl (C=O) groups excluding carboxylic acids is 2. The van der Waals surface area contributed by atoms with Gasteiger partial charge >= 0.3 is 0 Å². The monoisotopic (exact) mass is 495 g/mol. The molecular weight excluding hydrogens is 470 g/mol. The number of halogens is 1. The van der Waals surface area contributed by atoms with E-state index in [-0.39, 0.29) is 16.7 Å². The Morgan fingerprint density at radius 2 is 1.52 bits per heavy atom. The van der Waals surface area contributed by atoms with Gasteiger partial charge in [0.1, 0.15) is 0 Å². The number of sulfonamides is 1. The summed E-state index contributed by atoms with van der Waals surface area (Å²) < 4.78 is 37.9. The Labute approximate surface area is 198 Å². The van der Waals surface area contributed by atoms with Gasteiger partial charge in [0.2, 0.25) is 15.9 Å². The van der Waals surface area contributed by atoms with Gasteiger partial charge < -0.3 is 19.3 Å². The molecule has 0 unspecified atom stereocenters. The first kappa shape index (κ1) is 24.8. The molecule has 1 fully saturated rings. The largest absolute Gasteiger partial charge is 0.493 e. The first-order valence-corrected chi connectivity index (χ1v) is 12.1. The number of nitrogens with zero attached hydrogens (tertiary/aromatic N) is 2. The van der Waals surface area contributed by atoms with Crippen LogP contribution in [0.2, 0.25) is 5.02 Å². The Morgan fingerprint density at radius 1 is 0.939 bits per heavy atom. The second-order valence-electron chi connectivity index (χ2n) is 7.48. The number of methoxy groups -OCH3 is 2. The summed E-state index contributed by atoms with van der Waals surface area (Å²) in [5.41, 5.74) is 0.455. The topological polar surface area (TPSA) is 105 Å². The maximum Gasteiger partial charge on any atom is 0.254 e. The fourth-order valence-corrected chi connectivity index (χ4v) is 4.84. The summed E-state index contributed by atoms with van der Waals surface area (Å²) in [5.74, 6) is 0.448. The Balaban J connectivity index is 1.59. The van der Waals surface area contributed by atoms with E-state index in [9.17, 15) is 18.0 Å². The Hall–Kier alpha value is -2.82. The lowest BCUT2D eigenvalue weighted by molar-refractivity contribution is -0.134. The summed E-state index contributed by atoms with van der Waals surface area (Å²) >= 11 is 5.81. The van der Waals surface area contributed by atoms with Crippen molar-refractivity contribution in [1.82, 2.24) is 14.5 Å². The number of ether oxygens (including phenoxy) is 2. The number of nitrogens with one attached hydrogen (secondary N) is 1. The molecule has 1 saturated heterocycles. The molecular formula is C22H26ClN3O6S. The summed E-state index contributed by atoms with van der Waals surface area (Å²) in [6, 6.07) is 9.68. The van der Waals surface area contributed by atoms with Gasteiger partial charge in [0.15, 0.2) is 11.5 Å². The van der Waals surface area contributed by atoms with Crippen molar-refractivity contribution in [2.75, 3.05) is 40.4 Å². The molecule has 1 atom stereocenters. The third-order valence-corrected chi connectivity index (χ3v) is 7.14. The highest BCUT2D eigenvalue weighted by Gasteiger charge is 2.30. The highest BCUT2D eigenvalue weighted by molar-refractivity contribution is 7.89. The molecule has 0 radical (unpaired) electrons. The summed E-state index contributed by atoms with van der Waals surface area (Å²) in [5, 5.41) is 0.415. The van der Waals surface area contributed by atoms with E-state index in [2.05, 4.69) is 4.72 Å². The van der Waals surface area contributed by atoms with Crippen molar-refractivity contribution < 1.29 is 27.5 Å². The van der Waals surface area contributed by atoms with Crippen LogP contribution in [-0.4, -0.2) is 76.5 Å². The molecule has 0 saturated carbocycles. The Kier molecular flexibility index (Phi) is 7.83. The van der Waals surface area contributed by atoms with Crippen molar-refractivity contribution in [3.8, 4) is 11.5 Å². The number of rotatable bonds is 7. The molecule has 0 aliphatic carbocycles. The Morgan fingerprint density at radius 3 is 2.09 bits per heavy atom. The van der Waals surface area contributed by atoms with Crippen LogP contribution < -0.4 is 14.2 Å². The molecule has 0 aromatic heterocycles. The number of benzene rings is 2. The van der Waals surface area contributed by atoms with E-state index in [4.69, 9.17) is 21.1 Å². The summed E-state index contributed by atoms with van der Waals surface area (Å²) in [4.78, 5) is 28.9. The standard InChI is InChI=1S/C22H26ClN3O6S/c1-15(24-33(29,30)18-7-5-17(23)6-8-18)21(27)25-10-12-26(13-11-25)22(28)16-4-9-19(31-2)20(14-16)32-3/h4-9,14-15,24H,10-13H2,1-3H3/t15-/m0/s1. The van der Waals surface area contributed by atoms with Crippen molar-refractivity contribution >= 4 is 33.4 Å². The normalized spacial score (nSPS) is 15.2. The van der Waals surface area contributed by atoms with E-state index in [0.717, 1.165) is 0 Å². The van der Waals surface area contributed by atoms with E-state index in [0.29, 0.717) is 48.3 Å². The van der Waals surface area contributed by atoms with E-state index in [1.165, 1.54) is 45.4 Å². The van der Waals surface area contributed by atoms with Crippen LogP contribution in [-0.2, 0) is 14.8 Å². The third kappa shape index (κ3) is 5.76. The van der Waals surface area contributed by atoms with E-state index in [1.54, 1.807) is 28.0 Å². The lowest BCUT2D eigenvalue weighted by atomic mass is 10.1. The van der Waals surface area contributed by atoms with Gasteiger partial charge in [-0.25, -0.2) is 8.42 Å². The SMILES string of the molecule is COc1ccc(C(=O)N2CCN(C(=O)[C@H](C)NS(=O)(=O)c3ccc(Cl)cc3)CC2)cc1OC. The molecule has 0 spiro atoms. The number of carbonyl (C=O) groups is 2. The minimum atomic E-state index is -3.88. The number of hydrogen-bond acceptors (Lipinski definition) is 6. The molecule has 1 aliphatic rings. The van der Waals surface area contributed by atoms with Crippen molar-refractivity contribution in [1.29, 1.82) is 0 Å². The maximum atomic E-state index is 12.9. The van der Waals surface area contributed by atoms with Gasteiger partial charge in [-0.3, -0.25) is 9.59 Å². The van der Waals surface area contributed by atoms with Crippen molar-refractivity contribution in [2.45, 2.75) is 17.9 Å². The van der Waals surface area contributed by atoms with E-state index >= 15 is 0 Å². The fourth-order valence-electron chi connectivity index (χ4n) is 3.52. The predicted octanol–water partition coefficient (Wildman–Crippen LogP) is 2.01. The lowest BCUT2D eigenvalue weighted by Gasteiger charge is -2.36. The highest BCUT2D eigenvalue weighted by atomic mass is 35.5. The van der Waals surface area contributed by atoms with Gasteiger partial charge in [0, 0.05) is 36.8 Å². The van der Waals surface area contributed by atoms with Crippen molar-refractivity contribution in [2.24, 2.45) is 0 Å². The lowest BCUT2D eigenvalue weighted by Crippen LogP contribution is -2.55. The smallest absolute Gasteiger partial charge is 0.254 e. The molecule has 1 heterocycles. The molecule has 2 amide bonds. The zero-order valence-corrected chi connectivity index (χ0v) is 20.1. The van der Waals surface area contributed by atoms with Crippen LogP contribution in [0, 0.1) is 0 Å². The van der Waals surface area contributed by atoms with Gasteiger partial charge in [0.25, 0.3) is 5.91 Å². The fraction of sp³-hybridized carbons (Fsp3) is 0.364. The molecule has 1 N–H and O–H groups in total. The maximum absolute atomic E-state index is 12.9. The molecule has 9 nitrogen and oxygen atoms in total. The minimum absolute atomic E-state index is 0.0249. The quantitative estimate of drug-likeness (QED) is 0.630. The van der Waals surface area contributed by atoms with Gasteiger partial charge in [-0.15, -0.1) is 0 Å². The minimum Gasteiger partial charge on any atom is -0.493 e. The second kappa shape index (κ2) is 10.4. The van der Waals surface area contributed by atoms with Crippen LogP contribution in [0.3, 0.4) is 0 Å². The van der Waals surface area contributed by atoms with Crippen molar-refractivity contribution in [3.05, 3.63) is 53.1 Å². The first-order chi connectivity index (χ1) is 15.7. The Bertz CT molecular complexity index is 1120. The average molecular weight is 496 g/mol. The summed E-state index contributed by atoms with van der Waals surface area (Å²) in [6.45, 7) is 2.75. The molecule has 11 heteroatoms. The van der Waals surface area contributed by atoms with Crippen LogP contribution >= 0.6 is 11.6 Å². The molecule has 3 rings (SSSR count). The number of hydrogen-bond donors (Lipinski definition) is 1. The average Bonchev–Trinajstić information content (AvgIpc) is 2.82. The zero-order chi connectivity index (χ0) is 24.2. The second-order valence-corrected chi connectivity index (χ2v) is 9.63. The molecule has 1 aliphatic heterocycles. The van der Waals surface area contributed by atoms with Crippen LogP contribution in [0.5, 0.6) is 11.5 Å². The molecule has 178 valence electrons. The summed E-state index contributed by atoms with van der Waals surface area (Å²) in [7, 11) is -0.857. The van der Waals surface area contributed by atoms with Gasteiger partial charge in [0.05, 0.1) is 25.2 Å².